The molecule has 1 N–H and O–H groups in total. The molecule has 0 atom stereocenters. The number of carbonyl (C=O) groups is 1. The van der Waals surface area contributed by atoms with E-state index in [1.807, 2.05) is 17.5 Å². The first-order valence-electron chi connectivity index (χ1n) is 5.82. The normalized spacial score (nSPS) is 10.2. The average Bonchev–Trinajstić information content (AvgIpc) is 2.92. The summed E-state index contributed by atoms with van der Waals surface area (Å²) >= 11 is 4.72. The number of nitrogens with one attached hydrogen (secondary N) is 1. The van der Waals surface area contributed by atoms with Gasteiger partial charge in [0.2, 0.25) is 0 Å². The van der Waals surface area contributed by atoms with Crippen LogP contribution in [0.1, 0.15) is 15.2 Å². The fourth-order valence-corrected chi connectivity index (χ4v) is 2.75. The smallest absolute Gasteiger partial charge is 0.284 e. The molecule has 0 unspecified atom stereocenters. The summed E-state index contributed by atoms with van der Waals surface area (Å²) in [6, 6.07) is 8.29. The number of halogens is 1. The lowest BCUT2D eigenvalue weighted by molar-refractivity contribution is -0.385. The molecule has 1 aromatic carbocycles. The standard InChI is InChI=1S/C13H11BrN2O3S/c14-11-4-3-9(8-12(11)16(18)19)13(17)15-6-5-10-2-1-7-20-10/h1-4,7-8H,5-6H2,(H,15,17). The van der Waals surface area contributed by atoms with E-state index in [2.05, 4.69) is 21.2 Å². The Kier molecular flexibility index (Phi) is 4.86. The predicted octanol–water partition coefficient (Wildman–Crippen LogP) is 3.39. The van der Waals surface area contributed by atoms with Gasteiger partial charge in [-0.15, -0.1) is 11.3 Å². The minimum Gasteiger partial charge on any atom is -0.352 e. The molecule has 20 heavy (non-hydrogen) atoms. The van der Waals surface area contributed by atoms with Crippen molar-refractivity contribution in [3.63, 3.8) is 0 Å². The van der Waals surface area contributed by atoms with Crippen LogP contribution in [0, 0.1) is 10.1 Å². The van der Waals surface area contributed by atoms with Crippen molar-refractivity contribution < 1.29 is 9.72 Å². The van der Waals surface area contributed by atoms with Gasteiger partial charge < -0.3 is 5.32 Å². The highest BCUT2D eigenvalue weighted by atomic mass is 79.9. The second-order valence-electron chi connectivity index (χ2n) is 4.01. The Hall–Kier alpha value is -1.73. The summed E-state index contributed by atoms with van der Waals surface area (Å²) < 4.78 is 0.359. The molecule has 0 spiro atoms. The maximum absolute atomic E-state index is 11.9. The van der Waals surface area contributed by atoms with Crippen LogP contribution in [0.2, 0.25) is 0 Å². The molecule has 0 aliphatic rings. The largest absolute Gasteiger partial charge is 0.352 e. The van der Waals surface area contributed by atoms with E-state index in [4.69, 9.17) is 0 Å². The molecular weight excluding hydrogens is 344 g/mol. The number of nitro benzene ring substituents is 1. The number of nitrogens with zero attached hydrogens (tertiary/aromatic N) is 1. The number of carbonyl (C=O) groups excluding carboxylic acids is 1. The molecule has 0 saturated heterocycles. The molecular formula is C13H11BrN2O3S. The van der Waals surface area contributed by atoms with Crippen LogP contribution in [0.4, 0.5) is 5.69 Å². The van der Waals surface area contributed by atoms with E-state index in [9.17, 15) is 14.9 Å². The molecule has 0 aliphatic carbocycles. The molecule has 2 aromatic rings. The summed E-state index contributed by atoms with van der Waals surface area (Å²) in [5, 5.41) is 15.5. The van der Waals surface area contributed by atoms with Crippen molar-refractivity contribution >= 4 is 38.9 Å². The zero-order chi connectivity index (χ0) is 14.5. The third-order valence-corrected chi connectivity index (χ3v) is 4.25. The number of hydrogen-bond donors (Lipinski definition) is 1. The molecule has 7 heteroatoms. The Morgan fingerprint density at radius 3 is 2.85 bits per heavy atom. The molecule has 0 saturated carbocycles. The molecule has 1 amide bonds. The van der Waals surface area contributed by atoms with Gasteiger partial charge in [0.1, 0.15) is 0 Å². The molecule has 104 valence electrons. The van der Waals surface area contributed by atoms with Gasteiger partial charge in [0.05, 0.1) is 9.40 Å². The Balaban J connectivity index is 1.98. The predicted molar refractivity (Wildman–Crippen MR) is 81.2 cm³/mol. The van der Waals surface area contributed by atoms with Gasteiger partial charge in [-0.2, -0.15) is 0 Å². The molecule has 0 fully saturated rings. The van der Waals surface area contributed by atoms with Gasteiger partial charge in [0.25, 0.3) is 11.6 Å². The van der Waals surface area contributed by atoms with Crippen LogP contribution in [-0.2, 0) is 6.42 Å². The highest BCUT2D eigenvalue weighted by Crippen LogP contribution is 2.25. The average molecular weight is 355 g/mol. The van der Waals surface area contributed by atoms with Crippen LogP contribution < -0.4 is 5.32 Å². The van der Waals surface area contributed by atoms with E-state index in [1.165, 1.54) is 17.0 Å². The molecule has 0 aliphatic heterocycles. The maximum atomic E-state index is 11.9. The van der Waals surface area contributed by atoms with E-state index < -0.39 is 4.92 Å². The van der Waals surface area contributed by atoms with Crippen molar-refractivity contribution in [1.82, 2.24) is 5.32 Å². The minimum atomic E-state index is -0.521. The van der Waals surface area contributed by atoms with E-state index in [0.29, 0.717) is 11.0 Å². The van der Waals surface area contributed by atoms with Crippen LogP contribution in [0.3, 0.4) is 0 Å². The summed E-state index contributed by atoms with van der Waals surface area (Å²) in [5.41, 5.74) is 0.169. The fraction of sp³-hybridized carbons (Fsp3) is 0.154. The lowest BCUT2D eigenvalue weighted by Gasteiger charge is -2.05. The van der Waals surface area contributed by atoms with Crippen LogP contribution in [0.25, 0.3) is 0 Å². The summed E-state index contributed by atoms with van der Waals surface area (Å²) in [6.07, 6.45) is 0.752. The van der Waals surface area contributed by atoms with Gasteiger partial charge in [0.15, 0.2) is 0 Å². The second-order valence-corrected chi connectivity index (χ2v) is 5.90. The lowest BCUT2D eigenvalue weighted by Crippen LogP contribution is -2.25. The molecule has 1 aromatic heterocycles. The van der Waals surface area contributed by atoms with Gasteiger partial charge in [-0.05, 0) is 45.9 Å². The van der Waals surface area contributed by atoms with Crippen molar-refractivity contribution in [2.75, 3.05) is 6.54 Å². The van der Waals surface area contributed by atoms with Gasteiger partial charge in [-0.1, -0.05) is 6.07 Å². The quantitative estimate of drug-likeness (QED) is 0.660. The van der Waals surface area contributed by atoms with Gasteiger partial charge in [-0.3, -0.25) is 14.9 Å². The third-order valence-electron chi connectivity index (χ3n) is 2.64. The Bertz CT molecular complexity index is 629. The number of thiophene rings is 1. The molecule has 2 rings (SSSR count). The first-order valence-corrected chi connectivity index (χ1v) is 7.49. The van der Waals surface area contributed by atoms with Crippen LogP contribution in [-0.4, -0.2) is 17.4 Å². The Morgan fingerprint density at radius 1 is 1.40 bits per heavy atom. The van der Waals surface area contributed by atoms with Crippen molar-refractivity contribution in [3.8, 4) is 0 Å². The highest BCUT2D eigenvalue weighted by Gasteiger charge is 2.15. The van der Waals surface area contributed by atoms with Gasteiger partial charge in [0, 0.05) is 23.1 Å². The molecule has 1 heterocycles. The van der Waals surface area contributed by atoms with Crippen LogP contribution in [0.5, 0.6) is 0 Å². The van der Waals surface area contributed by atoms with Crippen molar-refractivity contribution in [3.05, 3.63) is 60.7 Å². The zero-order valence-corrected chi connectivity index (χ0v) is 12.7. The SMILES string of the molecule is O=C(NCCc1cccs1)c1ccc(Br)c([N+](=O)[O-])c1. The Morgan fingerprint density at radius 2 is 2.20 bits per heavy atom. The van der Waals surface area contributed by atoms with E-state index >= 15 is 0 Å². The van der Waals surface area contributed by atoms with Crippen LogP contribution in [0.15, 0.2) is 40.2 Å². The zero-order valence-electron chi connectivity index (χ0n) is 10.3. The van der Waals surface area contributed by atoms with Crippen LogP contribution >= 0.6 is 27.3 Å². The Labute approximate surface area is 127 Å². The first kappa shape index (κ1) is 14.7. The van der Waals surface area contributed by atoms with Gasteiger partial charge in [-0.25, -0.2) is 0 Å². The van der Waals surface area contributed by atoms with E-state index in [1.54, 1.807) is 17.4 Å². The second kappa shape index (κ2) is 6.62. The topological polar surface area (TPSA) is 72.2 Å². The summed E-state index contributed by atoms with van der Waals surface area (Å²) in [7, 11) is 0. The minimum absolute atomic E-state index is 0.115. The molecule has 0 radical (unpaired) electrons. The number of rotatable bonds is 5. The molecule has 5 nitrogen and oxygen atoms in total. The van der Waals surface area contributed by atoms with Crippen molar-refractivity contribution in [1.29, 1.82) is 0 Å². The summed E-state index contributed by atoms with van der Waals surface area (Å²) in [6.45, 7) is 0.503. The van der Waals surface area contributed by atoms with Gasteiger partial charge >= 0.3 is 0 Å². The first-order chi connectivity index (χ1) is 9.58. The highest BCUT2D eigenvalue weighted by molar-refractivity contribution is 9.10. The lowest BCUT2D eigenvalue weighted by atomic mass is 10.2. The summed E-state index contributed by atoms with van der Waals surface area (Å²) in [4.78, 5) is 23.4. The van der Waals surface area contributed by atoms with Crippen molar-refractivity contribution in [2.45, 2.75) is 6.42 Å². The molecule has 0 bridgehead atoms. The monoisotopic (exact) mass is 354 g/mol. The number of amides is 1. The fourth-order valence-electron chi connectivity index (χ4n) is 1.65. The number of benzene rings is 1. The number of nitro groups is 1. The van der Waals surface area contributed by atoms with Crippen molar-refractivity contribution in [2.24, 2.45) is 0 Å². The number of hydrogen-bond acceptors (Lipinski definition) is 4. The summed E-state index contributed by atoms with van der Waals surface area (Å²) in [5.74, 6) is -0.308. The van der Waals surface area contributed by atoms with E-state index in [0.717, 1.165) is 6.42 Å². The maximum Gasteiger partial charge on any atom is 0.284 e. The van der Waals surface area contributed by atoms with E-state index in [-0.39, 0.29) is 17.2 Å². The third kappa shape index (κ3) is 3.64.